The number of hydrogen-bond donors (Lipinski definition) is 2. The second-order valence-corrected chi connectivity index (χ2v) is 3.32. The molecule has 80 valence electrons. The van der Waals surface area contributed by atoms with Crippen LogP contribution in [0.1, 0.15) is 10.4 Å². The quantitative estimate of drug-likeness (QED) is 0.750. The van der Waals surface area contributed by atoms with Crippen molar-refractivity contribution in [3.05, 3.63) is 48.2 Å². The van der Waals surface area contributed by atoms with E-state index in [1.54, 1.807) is 24.4 Å². The van der Waals surface area contributed by atoms with Crippen LogP contribution in [0.5, 0.6) is 0 Å². The average molecular weight is 214 g/mol. The summed E-state index contributed by atoms with van der Waals surface area (Å²) in [6.45, 7) is 0. The Morgan fingerprint density at radius 3 is 2.69 bits per heavy atom. The van der Waals surface area contributed by atoms with Gasteiger partial charge >= 0.3 is 5.97 Å². The molecule has 1 aromatic heterocycles. The molecule has 0 unspecified atom stereocenters. The molecule has 0 fully saturated rings. The third-order valence-corrected chi connectivity index (χ3v) is 2.24. The van der Waals surface area contributed by atoms with Crippen LogP contribution >= 0.6 is 0 Å². The van der Waals surface area contributed by atoms with Gasteiger partial charge in [-0.25, -0.2) is 4.79 Å². The molecule has 0 spiro atoms. The molecular formula is C12H10N2O2. The van der Waals surface area contributed by atoms with Crippen LogP contribution in [-0.4, -0.2) is 16.1 Å². The lowest BCUT2D eigenvalue weighted by atomic mass is 10.1. The number of nitrogens with two attached hydrogens (primary N) is 1. The highest BCUT2D eigenvalue weighted by Gasteiger charge is 2.09. The van der Waals surface area contributed by atoms with E-state index in [0.717, 1.165) is 11.3 Å². The van der Waals surface area contributed by atoms with E-state index in [4.69, 9.17) is 10.8 Å². The van der Waals surface area contributed by atoms with Crippen LogP contribution in [0.4, 0.5) is 5.69 Å². The molecule has 16 heavy (non-hydrogen) atoms. The molecule has 0 bridgehead atoms. The van der Waals surface area contributed by atoms with Crippen molar-refractivity contribution in [3.8, 4) is 11.3 Å². The zero-order valence-corrected chi connectivity index (χ0v) is 8.42. The third kappa shape index (κ3) is 1.86. The number of carbonyl (C=O) groups is 1. The van der Waals surface area contributed by atoms with Crippen molar-refractivity contribution in [1.82, 2.24) is 4.98 Å². The van der Waals surface area contributed by atoms with Crippen LogP contribution < -0.4 is 5.73 Å². The normalized spacial score (nSPS) is 10.0. The van der Waals surface area contributed by atoms with E-state index in [9.17, 15) is 4.79 Å². The van der Waals surface area contributed by atoms with E-state index in [2.05, 4.69) is 4.98 Å². The van der Waals surface area contributed by atoms with E-state index < -0.39 is 5.97 Å². The lowest BCUT2D eigenvalue weighted by molar-refractivity contribution is 0.0698. The molecule has 3 N–H and O–H groups in total. The maximum atomic E-state index is 10.9. The van der Waals surface area contributed by atoms with Gasteiger partial charge in [-0.3, -0.25) is 4.98 Å². The summed E-state index contributed by atoms with van der Waals surface area (Å²) in [5.74, 6) is -1.03. The summed E-state index contributed by atoms with van der Waals surface area (Å²) in [5.41, 5.74) is 7.39. The first-order valence-electron chi connectivity index (χ1n) is 4.72. The summed E-state index contributed by atoms with van der Waals surface area (Å²) in [6, 6.07) is 10.3. The van der Waals surface area contributed by atoms with Crippen molar-refractivity contribution in [1.29, 1.82) is 0 Å². The maximum Gasteiger partial charge on any atom is 0.337 e. The van der Waals surface area contributed by atoms with Crippen LogP contribution in [0, 0.1) is 0 Å². The minimum Gasteiger partial charge on any atom is -0.478 e. The van der Waals surface area contributed by atoms with Gasteiger partial charge in [0.2, 0.25) is 0 Å². The molecule has 1 aromatic carbocycles. The summed E-state index contributed by atoms with van der Waals surface area (Å²) in [4.78, 5) is 15.1. The van der Waals surface area contributed by atoms with Crippen molar-refractivity contribution < 1.29 is 9.90 Å². The van der Waals surface area contributed by atoms with Gasteiger partial charge in [0.05, 0.1) is 11.3 Å². The molecule has 0 saturated carbocycles. The Labute approximate surface area is 92.4 Å². The van der Waals surface area contributed by atoms with E-state index in [1.165, 1.54) is 6.07 Å². The van der Waals surface area contributed by atoms with Crippen LogP contribution in [-0.2, 0) is 0 Å². The van der Waals surface area contributed by atoms with Crippen LogP contribution in [0.3, 0.4) is 0 Å². The number of rotatable bonds is 2. The highest BCUT2D eigenvalue weighted by molar-refractivity contribution is 5.95. The molecule has 0 atom stereocenters. The maximum absolute atomic E-state index is 10.9. The van der Waals surface area contributed by atoms with Gasteiger partial charge in [-0.1, -0.05) is 12.1 Å². The topological polar surface area (TPSA) is 76.2 Å². The number of carboxylic acid groups (broad SMARTS) is 1. The lowest BCUT2D eigenvalue weighted by Crippen LogP contribution is -2.02. The fourth-order valence-electron chi connectivity index (χ4n) is 1.43. The smallest absolute Gasteiger partial charge is 0.337 e. The van der Waals surface area contributed by atoms with Crippen molar-refractivity contribution in [2.45, 2.75) is 0 Å². The molecular weight excluding hydrogens is 204 g/mol. The molecule has 0 amide bonds. The minimum absolute atomic E-state index is 0.100. The van der Waals surface area contributed by atoms with Gasteiger partial charge in [0.25, 0.3) is 0 Å². The Balaban J connectivity index is 2.52. The van der Waals surface area contributed by atoms with Gasteiger partial charge < -0.3 is 10.8 Å². The number of pyridine rings is 1. The number of benzene rings is 1. The molecule has 0 aliphatic carbocycles. The highest BCUT2D eigenvalue weighted by Crippen LogP contribution is 2.21. The van der Waals surface area contributed by atoms with Crippen LogP contribution in [0.25, 0.3) is 11.3 Å². The average Bonchev–Trinajstić information content (AvgIpc) is 2.30. The molecule has 0 aliphatic heterocycles. The molecule has 0 saturated heterocycles. The number of aromatic carboxylic acids is 1. The summed E-state index contributed by atoms with van der Waals surface area (Å²) < 4.78 is 0. The summed E-state index contributed by atoms with van der Waals surface area (Å²) >= 11 is 0. The van der Waals surface area contributed by atoms with E-state index >= 15 is 0 Å². The summed E-state index contributed by atoms with van der Waals surface area (Å²) in [7, 11) is 0. The highest BCUT2D eigenvalue weighted by atomic mass is 16.4. The molecule has 1 heterocycles. The lowest BCUT2D eigenvalue weighted by Gasteiger charge is -2.04. The van der Waals surface area contributed by atoms with Crippen LogP contribution in [0.2, 0.25) is 0 Å². The van der Waals surface area contributed by atoms with Crippen molar-refractivity contribution in [3.63, 3.8) is 0 Å². The van der Waals surface area contributed by atoms with Crippen LogP contribution in [0.15, 0.2) is 42.6 Å². The predicted molar refractivity (Wildman–Crippen MR) is 61.0 cm³/mol. The number of aromatic nitrogens is 1. The molecule has 4 nitrogen and oxygen atoms in total. The fourth-order valence-corrected chi connectivity index (χ4v) is 1.43. The minimum atomic E-state index is -1.03. The third-order valence-electron chi connectivity index (χ3n) is 2.24. The second kappa shape index (κ2) is 4.02. The molecule has 2 rings (SSSR count). The molecule has 2 aromatic rings. The standard InChI is InChI=1S/C12H10N2O2/c13-10-5-4-8(7-9(10)12(15)16)11-3-1-2-6-14-11/h1-7H,13H2,(H,15,16). The van der Waals surface area contributed by atoms with Gasteiger partial charge in [-0.15, -0.1) is 0 Å². The Morgan fingerprint density at radius 1 is 1.25 bits per heavy atom. The van der Waals surface area contributed by atoms with E-state index in [-0.39, 0.29) is 11.3 Å². The van der Waals surface area contributed by atoms with Gasteiger partial charge in [0.1, 0.15) is 0 Å². The fraction of sp³-hybridized carbons (Fsp3) is 0. The second-order valence-electron chi connectivity index (χ2n) is 3.32. The first-order valence-corrected chi connectivity index (χ1v) is 4.72. The number of nitrogens with zero attached hydrogens (tertiary/aromatic N) is 1. The summed E-state index contributed by atoms with van der Waals surface area (Å²) in [5, 5.41) is 8.94. The van der Waals surface area contributed by atoms with Crippen molar-refractivity contribution in [2.75, 3.05) is 5.73 Å². The van der Waals surface area contributed by atoms with Gasteiger partial charge in [0.15, 0.2) is 0 Å². The monoisotopic (exact) mass is 214 g/mol. The first kappa shape index (κ1) is 10.2. The predicted octanol–water partition coefficient (Wildman–Crippen LogP) is 2.03. The Bertz CT molecular complexity index is 524. The van der Waals surface area contributed by atoms with Gasteiger partial charge in [-0.05, 0) is 24.3 Å². The number of nitrogen functional groups attached to an aromatic ring is 1. The molecule has 4 heteroatoms. The van der Waals surface area contributed by atoms with Gasteiger partial charge in [0, 0.05) is 17.4 Å². The Hall–Kier alpha value is -2.36. The Morgan fingerprint density at radius 2 is 2.06 bits per heavy atom. The summed E-state index contributed by atoms with van der Waals surface area (Å²) in [6.07, 6.45) is 1.66. The van der Waals surface area contributed by atoms with Gasteiger partial charge in [-0.2, -0.15) is 0 Å². The van der Waals surface area contributed by atoms with Crippen molar-refractivity contribution in [2.24, 2.45) is 0 Å². The largest absolute Gasteiger partial charge is 0.478 e. The van der Waals surface area contributed by atoms with Crippen molar-refractivity contribution >= 4 is 11.7 Å². The molecule has 0 aliphatic rings. The molecule has 0 radical (unpaired) electrons. The zero-order valence-electron chi connectivity index (χ0n) is 8.42. The van der Waals surface area contributed by atoms with E-state index in [0.29, 0.717) is 0 Å². The zero-order chi connectivity index (χ0) is 11.5. The number of hydrogen-bond acceptors (Lipinski definition) is 3. The SMILES string of the molecule is Nc1ccc(-c2ccccn2)cc1C(=O)O. The first-order chi connectivity index (χ1) is 7.68. The Kier molecular flexibility index (Phi) is 2.55. The number of carboxylic acids is 1. The van der Waals surface area contributed by atoms with E-state index in [1.807, 2.05) is 12.1 Å². The number of anilines is 1.